The minimum atomic E-state index is -3.12. The lowest BCUT2D eigenvalue weighted by Gasteiger charge is -2.36. The summed E-state index contributed by atoms with van der Waals surface area (Å²) in [7, 11) is -2.02. The van der Waals surface area contributed by atoms with Crippen molar-refractivity contribution in [2.24, 2.45) is 10.8 Å². The zero-order chi connectivity index (χ0) is 42.8. The van der Waals surface area contributed by atoms with Gasteiger partial charge >= 0.3 is 12.2 Å². The monoisotopic (exact) mass is 725 g/mol. The third kappa shape index (κ3) is 12.3. The van der Waals surface area contributed by atoms with E-state index in [1.165, 1.54) is 13.8 Å². The second kappa shape index (κ2) is 19.0. The Morgan fingerprint density at radius 2 is 1.48 bits per heavy atom. The number of hydrogen-bond donors (Lipinski definition) is 6. The molecule has 6 N–H and O–H groups in total. The molecule has 0 aliphatic heterocycles. The van der Waals surface area contributed by atoms with Crippen LogP contribution < -0.4 is 21.4 Å². The third-order valence-electron chi connectivity index (χ3n) is 8.18. The predicted molar refractivity (Wildman–Crippen MR) is 195 cm³/mol. The number of rotatable bonds is 16. The predicted octanol–water partition coefficient (Wildman–Crippen LogP) is 3.18. The van der Waals surface area contributed by atoms with Crippen LogP contribution in [0.25, 0.3) is 11.3 Å². The van der Waals surface area contributed by atoms with Crippen LogP contribution in [-0.2, 0) is 32.0 Å². The molecule has 1 heterocycles. The van der Waals surface area contributed by atoms with Gasteiger partial charge in [-0.15, -0.1) is 0 Å². The summed E-state index contributed by atoms with van der Waals surface area (Å²) in [4.78, 5) is 57.1. The van der Waals surface area contributed by atoms with E-state index in [0.717, 1.165) is 17.7 Å². The van der Waals surface area contributed by atoms with Gasteiger partial charge in [-0.25, -0.2) is 14.6 Å². The van der Waals surface area contributed by atoms with Crippen molar-refractivity contribution < 1.29 is 45.7 Å². The maximum atomic E-state index is 14.0. The van der Waals surface area contributed by atoms with Crippen molar-refractivity contribution in [1.29, 1.82) is 0 Å². The number of hydrogen-bond acceptors (Lipinski definition) is 10. The van der Waals surface area contributed by atoms with E-state index >= 15 is 0 Å². The quantitative estimate of drug-likeness (QED) is 0.120. The Morgan fingerprint density at radius 3 is 2.06 bits per heavy atom. The maximum Gasteiger partial charge on any atom is 0.407 e. The van der Waals surface area contributed by atoms with E-state index in [4.69, 9.17) is 4.11 Å². The molecule has 0 bridgehead atoms. The van der Waals surface area contributed by atoms with Crippen LogP contribution in [-0.4, -0.2) is 95.7 Å². The molecule has 0 saturated heterocycles. The highest BCUT2D eigenvalue weighted by Crippen LogP contribution is 2.23. The number of amides is 4. The minimum Gasteiger partial charge on any atom is -0.453 e. The van der Waals surface area contributed by atoms with Crippen molar-refractivity contribution in [1.82, 2.24) is 31.4 Å². The molecule has 14 nitrogen and oxygen atoms in total. The zero-order valence-corrected chi connectivity index (χ0v) is 30.2. The molecule has 282 valence electrons. The second-order valence-corrected chi connectivity index (χ2v) is 13.9. The highest BCUT2D eigenvalue weighted by atomic mass is 16.5. The van der Waals surface area contributed by atoms with Gasteiger partial charge < -0.3 is 35.6 Å². The summed E-state index contributed by atoms with van der Waals surface area (Å²) in [6.45, 7) is 3.92. The molecule has 0 fully saturated rings. The molecule has 52 heavy (non-hydrogen) atoms. The highest BCUT2D eigenvalue weighted by molar-refractivity contribution is 5.87. The summed E-state index contributed by atoms with van der Waals surface area (Å²) in [5.74, 6) is -1.86. The number of aromatic nitrogens is 1. The van der Waals surface area contributed by atoms with Crippen LogP contribution >= 0.6 is 0 Å². The van der Waals surface area contributed by atoms with Crippen LogP contribution in [0.2, 0.25) is 0 Å². The molecule has 2 aromatic carbocycles. The molecule has 0 aliphatic carbocycles. The van der Waals surface area contributed by atoms with E-state index in [1.807, 2.05) is 12.1 Å². The first-order valence-electron chi connectivity index (χ1n) is 19.0. The van der Waals surface area contributed by atoms with E-state index in [2.05, 4.69) is 35.8 Å². The summed E-state index contributed by atoms with van der Waals surface area (Å²) in [5, 5.41) is 30.3. The fraction of sp³-hybridized carbons (Fsp3) is 0.447. The number of aliphatic hydroxyl groups excluding tert-OH is 2. The molecule has 14 heteroatoms. The first kappa shape index (κ1) is 34.1. The molecule has 0 radical (unpaired) electrons. The second-order valence-electron chi connectivity index (χ2n) is 13.9. The van der Waals surface area contributed by atoms with Crippen LogP contribution in [0.5, 0.6) is 0 Å². The lowest BCUT2D eigenvalue weighted by molar-refractivity contribution is -0.132. The Morgan fingerprint density at radius 1 is 0.846 bits per heavy atom. The Kier molecular flexibility index (Phi) is 12.4. The van der Waals surface area contributed by atoms with Crippen LogP contribution in [0, 0.1) is 10.8 Å². The number of hydrazine groups is 1. The van der Waals surface area contributed by atoms with Crippen LogP contribution in [0.15, 0.2) is 79.0 Å². The van der Waals surface area contributed by atoms with E-state index in [1.54, 1.807) is 87.6 Å². The SMILES string of the molecule is [2H]C([2H])([2H])OC(=O)N[C@H](C(=O)NN(Cc1ccc(-c2ccccn2)cc1)C([2H])([2H])[C@H](O)[C@H](Cc1ccccc1)NC(=O)[C@@H](NC(=O)OC)C(C)(C)CO)C(C)(C)C. The van der Waals surface area contributed by atoms with Gasteiger partial charge in [-0.1, -0.05) is 95.3 Å². The van der Waals surface area contributed by atoms with Crippen molar-refractivity contribution in [3.63, 3.8) is 0 Å². The molecule has 1 aromatic heterocycles. The molecule has 4 atom stereocenters. The van der Waals surface area contributed by atoms with Gasteiger partial charge in [-0.05, 0) is 35.1 Å². The average Bonchev–Trinajstić information content (AvgIpc) is 3.14. The summed E-state index contributed by atoms with van der Waals surface area (Å²) in [6, 6.07) is 16.5. The van der Waals surface area contributed by atoms with Gasteiger partial charge in [0.1, 0.15) is 12.1 Å². The Balaban J connectivity index is 2.09. The molecule has 0 unspecified atom stereocenters. The average molecular weight is 726 g/mol. The Bertz CT molecular complexity index is 1800. The smallest absolute Gasteiger partial charge is 0.407 e. The van der Waals surface area contributed by atoms with Gasteiger partial charge in [0.15, 0.2) is 0 Å². The van der Waals surface area contributed by atoms with Gasteiger partial charge in [0.25, 0.3) is 5.91 Å². The van der Waals surface area contributed by atoms with Gasteiger partial charge in [0.2, 0.25) is 5.91 Å². The molecular weight excluding hydrogens is 668 g/mol. The first-order valence-corrected chi connectivity index (χ1v) is 16.5. The van der Waals surface area contributed by atoms with Crippen LogP contribution in [0.4, 0.5) is 9.59 Å². The summed E-state index contributed by atoms with van der Waals surface area (Å²) < 4.78 is 49.7. The zero-order valence-electron chi connectivity index (χ0n) is 35.2. The van der Waals surface area contributed by atoms with Gasteiger partial charge in [0.05, 0.1) is 42.7 Å². The van der Waals surface area contributed by atoms with Gasteiger partial charge in [-0.3, -0.25) is 20.0 Å². The van der Waals surface area contributed by atoms with Crippen molar-refractivity contribution in [2.45, 2.75) is 71.8 Å². The molecule has 0 saturated carbocycles. The molecule has 0 aliphatic rings. The van der Waals surface area contributed by atoms with E-state index in [9.17, 15) is 32.1 Å². The number of ether oxygens (including phenoxy) is 2. The van der Waals surface area contributed by atoms with E-state index in [0.29, 0.717) is 16.8 Å². The van der Waals surface area contributed by atoms with Gasteiger partial charge in [-0.2, -0.15) is 0 Å². The van der Waals surface area contributed by atoms with Crippen molar-refractivity contribution in [3.05, 3.63) is 90.1 Å². The fourth-order valence-electron chi connectivity index (χ4n) is 5.14. The Labute approximate surface area is 312 Å². The molecular formula is C38H52N6O8. The number of nitrogens with zero attached hydrogens (tertiary/aromatic N) is 2. The summed E-state index contributed by atoms with van der Waals surface area (Å²) in [6.07, 6.45) is -3.01. The molecule has 4 amide bonds. The number of nitrogens with one attached hydrogen (secondary N) is 4. The molecule has 0 spiro atoms. The van der Waals surface area contributed by atoms with Crippen molar-refractivity contribution >= 4 is 24.0 Å². The lowest BCUT2D eigenvalue weighted by Crippen LogP contribution is -2.61. The first-order chi connectivity index (χ1) is 26.5. The van der Waals surface area contributed by atoms with Crippen LogP contribution in [0.3, 0.4) is 0 Å². The van der Waals surface area contributed by atoms with Crippen LogP contribution in [0.1, 0.15) is 52.6 Å². The standard InChI is InChI=1S/C38H52N6O8/c1-37(2,3)31(41-35(49)51-6)34(48)43-44(22-26-16-18-27(19-17-26)28-15-11-12-20-39-28)23-30(46)29(21-25-13-9-8-10-14-25)40-33(47)32(38(4,5)24-45)42-36(50)52-7/h8-20,29-32,45-46H,21-24H2,1-7H3,(H,40,47)(H,41,49)(H,42,50)(H,43,48)/t29-,30-,31+,32+/m0/s1/i6D3,23D2. The van der Waals surface area contributed by atoms with E-state index < -0.39 is 79.2 Å². The lowest BCUT2D eigenvalue weighted by atomic mass is 9.84. The number of benzene rings is 2. The normalized spacial score (nSPS) is 15.9. The number of alkyl carbamates (subject to hydrolysis) is 2. The number of pyridine rings is 1. The fourth-order valence-corrected chi connectivity index (χ4v) is 5.14. The minimum absolute atomic E-state index is 0.133. The number of carbonyl (C=O) groups excluding carboxylic acids is 4. The maximum absolute atomic E-state index is 14.0. The largest absolute Gasteiger partial charge is 0.453 e. The van der Waals surface area contributed by atoms with Crippen molar-refractivity contribution in [2.75, 3.05) is 27.3 Å². The number of methoxy groups -OCH3 is 2. The van der Waals surface area contributed by atoms with Crippen molar-refractivity contribution in [3.8, 4) is 11.3 Å². The topological polar surface area (TPSA) is 191 Å². The molecule has 3 rings (SSSR count). The Hall–Kier alpha value is -5.05. The van der Waals surface area contributed by atoms with Gasteiger partial charge in [0, 0.05) is 33.0 Å². The number of carbonyl (C=O) groups is 4. The molecule has 3 aromatic rings. The number of aliphatic hydroxyl groups is 2. The summed E-state index contributed by atoms with van der Waals surface area (Å²) >= 11 is 0. The third-order valence-corrected chi connectivity index (χ3v) is 8.18. The highest BCUT2D eigenvalue weighted by Gasteiger charge is 2.39. The summed E-state index contributed by atoms with van der Waals surface area (Å²) in [5.41, 5.74) is 2.62. The van der Waals surface area contributed by atoms with E-state index in [-0.39, 0.29) is 13.0 Å².